The van der Waals surface area contributed by atoms with Gasteiger partial charge in [0.05, 0.1) is 17.2 Å². The molecule has 3 rings (SSSR count). The molecule has 0 radical (unpaired) electrons. The Labute approximate surface area is 121 Å². The third kappa shape index (κ3) is 2.46. The average molecular weight is 288 g/mol. The Balaban J connectivity index is 1.72. The van der Waals surface area contributed by atoms with Gasteiger partial charge >= 0.3 is 6.03 Å². The minimum absolute atomic E-state index is 0.0282. The van der Waals surface area contributed by atoms with Crippen LogP contribution in [-0.2, 0) is 6.54 Å². The molecule has 1 aliphatic heterocycles. The highest BCUT2D eigenvalue weighted by Gasteiger charge is 2.29. The molecule has 20 heavy (non-hydrogen) atoms. The number of aromatic nitrogens is 1. The highest BCUT2D eigenvalue weighted by atomic mass is 32.1. The lowest BCUT2D eigenvalue weighted by molar-refractivity contribution is 0.218. The summed E-state index contributed by atoms with van der Waals surface area (Å²) >= 11 is 1.61. The standard InChI is InChI=1S/C14H16N4OS/c1-10-16-12(9-20-10)8-17-6-7-18(14(17)19)13-4-2-11(15)3-5-13/h2-5,9H,6-8,15H2,1H3. The number of nitrogens with zero attached hydrogens (tertiary/aromatic N) is 3. The van der Waals surface area contributed by atoms with Gasteiger partial charge in [-0.2, -0.15) is 0 Å². The third-order valence-corrected chi connectivity index (χ3v) is 4.14. The lowest BCUT2D eigenvalue weighted by Gasteiger charge is -2.18. The van der Waals surface area contributed by atoms with Crippen LogP contribution in [0.15, 0.2) is 29.6 Å². The van der Waals surface area contributed by atoms with Crippen molar-refractivity contribution >= 4 is 28.7 Å². The number of benzene rings is 1. The zero-order valence-electron chi connectivity index (χ0n) is 11.2. The number of hydrogen-bond donors (Lipinski definition) is 1. The van der Waals surface area contributed by atoms with Gasteiger partial charge in [0.2, 0.25) is 0 Å². The van der Waals surface area contributed by atoms with Gasteiger partial charge in [-0.1, -0.05) is 0 Å². The molecule has 0 saturated carbocycles. The first-order valence-electron chi connectivity index (χ1n) is 6.46. The van der Waals surface area contributed by atoms with Crippen LogP contribution in [0.4, 0.5) is 16.2 Å². The van der Waals surface area contributed by atoms with E-state index in [1.807, 2.05) is 41.5 Å². The number of thiazole rings is 1. The van der Waals surface area contributed by atoms with Crippen LogP contribution >= 0.6 is 11.3 Å². The summed E-state index contributed by atoms with van der Waals surface area (Å²) in [5, 5.41) is 3.04. The summed E-state index contributed by atoms with van der Waals surface area (Å²) in [7, 11) is 0. The van der Waals surface area contributed by atoms with E-state index in [0.717, 1.165) is 22.9 Å². The molecule has 5 nitrogen and oxygen atoms in total. The number of amides is 2. The molecule has 0 spiro atoms. The summed E-state index contributed by atoms with van der Waals surface area (Å²) in [5.74, 6) is 0. The molecule has 6 heteroatoms. The van der Waals surface area contributed by atoms with E-state index in [2.05, 4.69) is 4.98 Å². The summed E-state index contributed by atoms with van der Waals surface area (Å²) in [6, 6.07) is 7.41. The van der Waals surface area contributed by atoms with Crippen molar-refractivity contribution < 1.29 is 4.79 Å². The molecule has 0 unspecified atom stereocenters. The fourth-order valence-corrected chi connectivity index (χ4v) is 2.90. The second-order valence-electron chi connectivity index (χ2n) is 4.81. The van der Waals surface area contributed by atoms with Crippen molar-refractivity contribution in [2.24, 2.45) is 0 Å². The number of hydrogen-bond acceptors (Lipinski definition) is 4. The average Bonchev–Trinajstić information content (AvgIpc) is 2.99. The van der Waals surface area contributed by atoms with E-state index in [1.165, 1.54) is 0 Å². The van der Waals surface area contributed by atoms with E-state index >= 15 is 0 Å². The van der Waals surface area contributed by atoms with Crippen molar-refractivity contribution in [2.45, 2.75) is 13.5 Å². The fourth-order valence-electron chi connectivity index (χ4n) is 2.30. The number of urea groups is 1. The van der Waals surface area contributed by atoms with E-state index in [-0.39, 0.29) is 6.03 Å². The Morgan fingerprint density at radius 2 is 2.05 bits per heavy atom. The molecule has 0 atom stereocenters. The van der Waals surface area contributed by atoms with Crippen molar-refractivity contribution in [1.29, 1.82) is 0 Å². The number of rotatable bonds is 3. The molecule has 1 aromatic carbocycles. The molecule has 0 bridgehead atoms. The molecule has 2 N–H and O–H groups in total. The first-order valence-corrected chi connectivity index (χ1v) is 7.34. The second kappa shape index (κ2) is 5.13. The van der Waals surface area contributed by atoms with Gasteiger partial charge in [0.25, 0.3) is 0 Å². The molecule has 1 aromatic heterocycles. The Morgan fingerprint density at radius 3 is 2.70 bits per heavy atom. The zero-order valence-corrected chi connectivity index (χ0v) is 12.1. The molecule has 2 amide bonds. The smallest absolute Gasteiger partial charge is 0.324 e. The predicted octanol–water partition coefficient (Wildman–Crippen LogP) is 2.48. The number of carbonyl (C=O) groups excluding carboxylic acids is 1. The Kier molecular flexibility index (Phi) is 3.31. The van der Waals surface area contributed by atoms with Crippen molar-refractivity contribution in [1.82, 2.24) is 9.88 Å². The highest BCUT2D eigenvalue weighted by Crippen LogP contribution is 2.23. The molecule has 104 valence electrons. The van der Waals surface area contributed by atoms with Crippen LogP contribution in [0.25, 0.3) is 0 Å². The molecular formula is C14H16N4OS. The molecule has 2 aromatic rings. The SMILES string of the molecule is Cc1nc(CN2CCN(c3ccc(N)cc3)C2=O)cs1. The number of aryl methyl sites for hydroxylation is 1. The van der Waals surface area contributed by atoms with Crippen molar-refractivity contribution in [3.63, 3.8) is 0 Å². The van der Waals surface area contributed by atoms with Gasteiger partial charge in [0.15, 0.2) is 0 Å². The molecule has 2 heterocycles. The first-order chi connectivity index (χ1) is 9.63. The summed E-state index contributed by atoms with van der Waals surface area (Å²) in [5.41, 5.74) is 8.22. The van der Waals surface area contributed by atoms with Crippen LogP contribution in [-0.4, -0.2) is 29.0 Å². The quantitative estimate of drug-likeness (QED) is 0.883. The number of carbonyl (C=O) groups is 1. The van der Waals surface area contributed by atoms with Crippen molar-refractivity contribution in [3.8, 4) is 0 Å². The topological polar surface area (TPSA) is 62.5 Å². The van der Waals surface area contributed by atoms with Gasteiger partial charge < -0.3 is 10.6 Å². The Morgan fingerprint density at radius 1 is 1.30 bits per heavy atom. The zero-order chi connectivity index (χ0) is 14.1. The van der Waals surface area contributed by atoms with Gasteiger partial charge in [0.1, 0.15) is 0 Å². The molecule has 0 aliphatic carbocycles. The number of nitrogen functional groups attached to an aromatic ring is 1. The van der Waals surface area contributed by atoms with Gasteiger partial charge in [-0.15, -0.1) is 11.3 Å². The predicted molar refractivity (Wildman–Crippen MR) is 80.9 cm³/mol. The Hall–Kier alpha value is -2.08. The van der Waals surface area contributed by atoms with Crippen LogP contribution in [0, 0.1) is 6.92 Å². The van der Waals surface area contributed by atoms with Crippen LogP contribution in [0.2, 0.25) is 0 Å². The molecule has 1 aliphatic rings. The second-order valence-corrected chi connectivity index (χ2v) is 5.87. The molecule has 1 saturated heterocycles. The maximum absolute atomic E-state index is 12.4. The minimum atomic E-state index is 0.0282. The van der Waals surface area contributed by atoms with Gasteiger partial charge in [-0.25, -0.2) is 9.78 Å². The fraction of sp³-hybridized carbons (Fsp3) is 0.286. The molecular weight excluding hydrogens is 272 g/mol. The maximum atomic E-state index is 12.4. The van der Waals surface area contributed by atoms with Crippen LogP contribution in [0.5, 0.6) is 0 Å². The highest BCUT2D eigenvalue weighted by molar-refractivity contribution is 7.09. The van der Waals surface area contributed by atoms with Gasteiger partial charge in [-0.3, -0.25) is 4.90 Å². The lowest BCUT2D eigenvalue weighted by atomic mass is 10.2. The number of nitrogens with two attached hydrogens (primary N) is 1. The summed E-state index contributed by atoms with van der Waals surface area (Å²) < 4.78 is 0. The number of anilines is 2. The maximum Gasteiger partial charge on any atom is 0.324 e. The van der Waals surface area contributed by atoms with E-state index in [1.54, 1.807) is 16.2 Å². The minimum Gasteiger partial charge on any atom is -0.399 e. The normalized spacial score (nSPS) is 15.2. The van der Waals surface area contributed by atoms with E-state index in [9.17, 15) is 4.79 Å². The first kappa shape index (κ1) is 12.9. The van der Waals surface area contributed by atoms with Gasteiger partial charge in [-0.05, 0) is 31.2 Å². The van der Waals surface area contributed by atoms with Gasteiger partial charge in [0, 0.05) is 29.8 Å². The van der Waals surface area contributed by atoms with Crippen LogP contribution in [0.3, 0.4) is 0 Å². The summed E-state index contributed by atoms with van der Waals surface area (Å²) in [4.78, 5) is 20.4. The van der Waals surface area contributed by atoms with Crippen molar-refractivity contribution in [2.75, 3.05) is 23.7 Å². The van der Waals surface area contributed by atoms with E-state index in [4.69, 9.17) is 5.73 Å². The van der Waals surface area contributed by atoms with E-state index < -0.39 is 0 Å². The van der Waals surface area contributed by atoms with E-state index in [0.29, 0.717) is 18.8 Å². The summed E-state index contributed by atoms with van der Waals surface area (Å²) in [6.45, 7) is 3.97. The summed E-state index contributed by atoms with van der Waals surface area (Å²) in [6.07, 6.45) is 0. The molecule has 1 fully saturated rings. The third-order valence-electron chi connectivity index (χ3n) is 3.32. The van der Waals surface area contributed by atoms with Crippen LogP contribution in [0.1, 0.15) is 10.7 Å². The lowest BCUT2D eigenvalue weighted by Crippen LogP contribution is -2.31. The monoisotopic (exact) mass is 288 g/mol. The largest absolute Gasteiger partial charge is 0.399 e. The Bertz CT molecular complexity index is 622. The van der Waals surface area contributed by atoms with Crippen molar-refractivity contribution in [3.05, 3.63) is 40.3 Å². The van der Waals surface area contributed by atoms with Crippen LogP contribution < -0.4 is 10.6 Å².